The molecule has 0 radical (unpaired) electrons. The van der Waals surface area contributed by atoms with Gasteiger partial charge >= 0.3 is 0 Å². The van der Waals surface area contributed by atoms with E-state index in [1.54, 1.807) is 0 Å². The first-order valence-corrected chi connectivity index (χ1v) is 9.00. The van der Waals surface area contributed by atoms with Gasteiger partial charge in [0.15, 0.2) is 0 Å². The Labute approximate surface area is 141 Å². The highest BCUT2D eigenvalue weighted by Crippen LogP contribution is 2.39. The Bertz CT molecular complexity index is 659. The zero-order valence-electron chi connectivity index (χ0n) is 13.3. The quantitative estimate of drug-likeness (QED) is 0.822. The number of hydrogen-bond acceptors (Lipinski definition) is 3. The number of carbonyl (C=O) groups excluding carboxylic acids is 1. The maximum atomic E-state index is 12.1. The van der Waals surface area contributed by atoms with Crippen LogP contribution >= 0.6 is 11.8 Å². The van der Waals surface area contributed by atoms with Gasteiger partial charge in [0.2, 0.25) is 5.91 Å². The van der Waals surface area contributed by atoms with Crippen LogP contribution in [0.25, 0.3) is 0 Å². The van der Waals surface area contributed by atoms with Crippen LogP contribution in [-0.2, 0) is 11.4 Å². The summed E-state index contributed by atoms with van der Waals surface area (Å²) in [5.41, 5.74) is 2.29. The van der Waals surface area contributed by atoms with Crippen molar-refractivity contribution >= 4 is 17.7 Å². The summed E-state index contributed by atoms with van der Waals surface area (Å²) < 4.78 is 5.90. The molecule has 1 aliphatic rings. The maximum absolute atomic E-state index is 12.1. The summed E-state index contributed by atoms with van der Waals surface area (Å²) in [4.78, 5) is 14.0. The number of rotatable bonds is 5. The summed E-state index contributed by atoms with van der Waals surface area (Å²) in [6.07, 6.45) is 0.557. The number of hydrogen-bond donors (Lipinski definition) is 0. The molecular formula is C19H21NO2S. The van der Waals surface area contributed by atoms with E-state index in [4.69, 9.17) is 4.74 Å². The predicted molar refractivity (Wildman–Crippen MR) is 94.4 cm³/mol. The van der Waals surface area contributed by atoms with Gasteiger partial charge in [-0.25, -0.2) is 0 Å². The molecule has 1 atom stereocenters. The van der Waals surface area contributed by atoms with Crippen molar-refractivity contribution in [2.24, 2.45) is 0 Å². The molecule has 1 heterocycles. The third-order valence-corrected chi connectivity index (χ3v) is 5.17. The lowest BCUT2D eigenvalue weighted by molar-refractivity contribution is -0.131. The Hall–Kier alpha value is -1.94. The van der Waals surface area contributed by atoms with E-state index >= 15 is 0 Å². The van der Waals surface area contributed by atoms with E-state index in [-0.39, 0.29) is 11.3 Å². The van der Waals surface area contributed by atoms with Gasteiger partial charge in [-0.1, -0.05) is 49.4 Å². The van der Waals surface area contributed by atoms with Crippen molar-refractivity contribution in [3.8, 4) is 5.75 Å². The van der Waals surface area contributed by atoms with E-state index in [1.807, 2.05) is 53.9 Å². The van der Waals surface area contributed by atoms with Gasteiger partial charge in [0, 0.05) is 18.7 Å². The fourth-order valence-corrected chi connectivity index (χ4v) is 3.97. The topological polar surface area (TPSA) is 29.5 Å². The van der Waals surface area contributed by atoms with Crippen molar-refractivity contribution in [3.63, 3.8) is 0 Å². The van der Waals surface area contributed by atoms with Crippen LogP contribution in [0.15, 0.2) is 54.6 Å². The molecule has 0 saturated carbocycles. The molecule has 0 N–H and O–H groups in total. The zero-order valence-corrected chi connectivity index (χ0v) is 14.1. The van der Waals surface area contributed by atoms with E-state index in [0.717, 1.165) is 29.2 Å². The molecule has 2 aromatic rings. The number of thioether (sulfide) groups is 1. The van der Waals surface area contributed by atoms with Crippen molar-refractivity contribution < 1.29 is 9.53 Å². The van der Waals surface area contributed by atoms with Crippen LogP contribution in [-0.4, -0.2) is 23.1 Å². The molecule has 1 fully saturated rings. The SMILES string of the molecule is CCC(=O)N1CCS[C@@H]1c1cccc(OCc2ccccc2)c1. The maximum Gasteiger partial charge on any atom is 0.223 e. The number of amides is 1. The lowest BCUT2D eigenvalue weighted by Gasteiger charge is -2.24. The van der Waals surface area contributed by atoms with Crippen molar-refractivity contribution in [1.29, 1.82) is 0 Å². The lowest BCUT2D eigenvalue weighted by Crippen LogP contribution is -2.29. The van der Waals surface area contributed by atoms with E-state index < -0.39 is 0 Å². The van der Waals surface area contributed by atoms with Crippen molar-refractivity contribution in [2.45, 2.75) is 25.3 Å². The normalized spacial score (nSPS) is 17.3. The molecular weight excluding hydrogens is 306 g/mol. The average molecular weight is 327 g/mol. The largest absolute Gasteiger partial charge is 0.489 e. The third kappa shape index (κ3) is 3.88. The minimum atomic E-state index is 0.114. The molecule has 1 saturated heterocycles. The summed E-state index contributed by atoms with van der Waals surface area (Å²) in [5.74, 6) is 2.06. The standard InChI is InChI=1S/C19H21NO2S/c1-2-18(21)20-11-12-23-19(20)16-9-6-10-17(13-16)22-14-15-7-4-3-5-8-15/h3-10,13,19H,2,11-12,14H2,1H3/t19-/m1/s1. The predicted octanol–water partition coefficient (Wildman–Crippen LogP) is 4.25. The monoisotopic (exact) mass is 327 g/mol. The third-order valence-electron chi connectivity index (χ3n) is 3.91. The molecule has 3 nitrogen and oxygen atoms in total. The number of ether oxygens (including phenoxy) is 1. The zero-order chi connectivity index (χ0) is 16.1. The molecule has 0 bridgehead atoms. The van der Waals surface area contributed by atoms with E-state index in [1.165, 1.54) is 0 Å². The first-order chi connectivity index (χ1) is 11.3. The first-order valence-electron chi connectivity index (χ1n) is 7.95. The van der Waals surface area contributed by atoms with Crippen molar-refractivity contribution in [1.82, 2.24) is 4.90 Å². The lowest BCUT2D eigenvalue weighted by atomic mass is 10.2. The molecule has 1 amide bonds. The van der Waals surface area contributed by atoms with Crippen LogP contribution in [0.3, 0.4) is 0 Å². The molecule has 4 heteroatoms. The first kappa shape index (κ1) is 15.9. The van der Waals surface area contributed by atoms with E-state index in [0.29, 0.717) is 13.0 Å². The van der Waals surface area contributed by atoms with Crippen LogP contribution in [0.2, 0.25) is 0 Å². The van der Waals surface area contributed by atoms with Gasteiger partial charge in [0.25, 0.3) is 0 Å². The fourth-order valence-electron chi connectivity index (χ4n) is 2.70. The highest BCUT2D eigenvalue weighted by atomic mass is 32.2. The fraction of sp³-hybridized carbons (Fsp3) is 0.316. The van der Waals surface area contributed by atoms with E-state index in [9.17, 15) is 4.79 Å². The summed E-state index contributed by atoms with van der Waals surface area (Å²) in [6.45, 7) is 3.30. The van der Waals surface area contributed by atoms with Gasteiger partial charge in [0.1, 0.15) is 17.7 Å². The molecule has 2 aromatic carbocycles. The van der Waals surface area contributed by atoms with Crippen LogP contribution in [0.4, 0.5) is 0 Å². The van der Waals surface area contributed by atoms with E-state index in [2.05, 4.69) is 24.3 Å². The smallest absolute Gasteiger partial charge is 0.223 e. The second-order valence-electron chi connectivity index (χ2n) is 5.51. The molecule has 23 heavy (non-hydrogen) atoms. The highest BCUT2D eigenvalue weighted by Gasteiger charge is 2.29. The molecule has 3 rings (SSSR count). The van der Waals surface area contributed by atoms with Crippen LogP contribution in [0, 0.1) is 0 Å². The molecule has 0 spiro atoms. The summed E-state index contributed by atoms with van der Waals surface area (Å²) >= 11 is 1.82. The highest BCUT2D eigenvalue weighted by molar-refractivity contribution is 7.99. The Morgan fingerprint density at radius 1 is 1.22 bits per heavy atom. The van der Waals surface area contributed by atoms with Gasteiger partial charge in [-0.3, -0.25) is 4.79 Å². The Balaban J connectivity index is 1.71. The number of nitrogens with zero attached hydrogens (tertiary/aromatic N) is 1. The van der Waals surface area contributed by atoms with Crippen LogP contribution in [0.5, 0.6) is 5.75 Å². The molecule has 120 valence electrons. The molecule has 0 aliphatic carbocycles. The Morgan fingerprint density at radius 2 is 2.04 bits per heavy atom. The van der Waals surface area contributed by atoms with Gasteiger partial charge in [-0.15, -0.1) is 11.8 Å². The summed E-state index contributed by atoms with van der Waals surface area (Å²) in [6, 6.07) is 18.2. The van der Waals surface area contributed by atoms with Crippen LogP contribution in [0.1, 0.15) is 29.8 Å². The van der Waals surface area contributed by atoms with Gasteiger partial charge in [0.05, 0.1) is 0 Å². The number of carbonyl (C=O) groups is 1. The Kier molecular flexibility index (Phi) is 5.23. The molecule has 0 unspecified atom stereocenters. The summed E-state index contributed by atoms with van der Waals surface area (Å²) in [7, 11) is 0. The minimum absolute atomic E-state index is 0.114. The minimum Gasteiger partial charge on any atom is -0.489 e. The van der Waals surface area contributed by atoms with Gasteiger partial charge in [-0.2, -0.15) is 0 Å². The van der Waals surface area contributed by atoms with Crippen LogP contribution < -0.4 is 4.74 Å². The Morgan fingerprint density at radius 3 is 2.83 bits per heavy atom. The van der Waals surface area contributed by atoms with Gasteiger partial charge in [-0.05, 0) is 23.3 Å². The summed E-state index contributed by atoms with van der Waals surface area (Å²) in [5, 5.41) is 0.114. The van der Waals surface area contributed by atoms with Crippen molar-refractivity contribution in [3.05, 3.63) is 65.7 Å². The van der Waals surface area contributed by atoms with Crippen molar-refractivity contribution in [2.75, 3.05) is 12.3 Å². The van der Waals surface area contributed by atoms with Gasteiger partial charge < -0.3 is 9.64 Å². The second kappa shape index (κ2) is 7.55. The number of benzene rings is 2. The average Bonchev–Trinajstić information content (AvgIpc) is 3.10. The molecule has 1 aliphatic heterocycles. The molecule has 0 aromatic heterocycles. The second-order valence-corrected chi connectivity index (χ2v) is 6.70.